The summed E-state index contributed by atoms with van der Waals surface area (Å²) >= 11 is 1.66. The first-order valence-corrected chi connectivity index (χ1v) is 12.6. The van der Waals surface area contributed by atoms with Crippen LogP contribution in [0.2, 0.25) is 0 Å². The molecule has 0 amide bonds. The Labute approximate surface area is 203 Å². The molecule has 1 saturated heterocycles. The predicted octanol–water partition coefficient (Wildman–Crippen LogP) is 6.00. The van der Waals surface area contributed by atoms with Crippen molar-refractivity contribution in [1.29, 1.82) is 0 Å². The molecule has 3 aromatic carbocycles. The highest BCUT2D eigenvalue weighted by molar-refractivity contribution is 7.16. The summed E-state index contributed by atoms with van der Waals surface area (Å²) in [5, 5.41) is 4.69. The zero-order valence-electron chi connectivity index (χ0n) is 19.2. The van der Waals surface area contributed by atoms with E-state index in [4.69, 9.17) is 0 Å². The van der Waals surface area contributed by atoms with Crippen molar-refractivity contribution in [3.05, 3.63) is 84.0 Å². The molecule has 5 nitrogen and oxygen atoms in total. The number of hydrogen-bond donors (Lipinski definition) is 1. The fourth-order valence-electron chi connectivity index (χ4n) is 4.59. The SMILES string of the molecule is CN1CCN(Cc2ccc(-c3ccc4nccc(Nc5ccc6scnc6c5)c4c3)cc2)CC1. The van der Waals surface area contributed by atoms with E-state index in [0.717, 1.165) is 60.5 Å². The summed E-state index contributed by atoms with van der Waals surface area (Å²) in [7, 11) is 2.20. The number of nitrogens with zero attached hydrogens (tertiary/aromatic N) is 4. The number of fused-ring (bicyclic) bond motifs is 2. The Balaban J connectivity index is 1.25. The minimum absolute atomic E-state index is 0.982. The summed E-state index contributed by atoms with van der Waals surface area (Å²) in [4.78, 5) is 14.0. The number of likely N-dealkylation sites (N-methyl/N-ethyl adjacent to an activating group) is 1. The third kappa shape index (κ3) is 4.40. The van der Waals surface area contributed by atoms with Gasteiger partial charge in [-0.25, -0.2) is 4.98 Å². The van der Waals surface area contributed by atoms with E-state index in [9.17, 15) is 0 Å². The average molecular weight is 466 g/mol. The first kappa shape index (κ1) is 21.2. The zero-order chi connectivity index (χ0) is 22.9. The smallest absolute Gasteiger partial charge is 0.0832 e. The summed E-state index contributed by atoms with van der Waals surface area (Å²) in [5.41, 5.74) is 9.76. The van der Waals surface area contributed by atoms with Crippen molar-refractivity contribution in [2.24, 2.45) is 0 Å². The number of thiazole rings is 1. The summed E-state index contributed by atoms with van der Waals surface area (Å²) in [6.07, 6.45) is 1.86. The van der Waals surface area contributed by atoms with Crippen molar-refractivity contribution in [1.82, 2.24) is 19.8 Å². The van der Waals surface area contributed by atoms with Gasteiger partial charge >= 0.3 is 0 Å². The number of piperazine rings is 1. The Kier molecular flexibility index (Phi) is 5.71. The Morgan fingerprint density at radius 3 is 2.50 bits per heavy atom. The number of nitrogens with one attached hydrogen (secondary N) is 1. The highest BCUT2D eigenvalue weighted by Gasteiger charge is 2.14. The average Bonchev–Trinajstić information content (AvgIpc) is 3.34. The fraction of sp³-hybridized carbons (Fsp3) is 0.214. The van der Waals surface area contributed by atoms with Gasteiger partial charge in [-0.15, -0.1) is 11.3 Å². The van der Waals surface area contributed by atoms with Crippen molar-refractivity contribution >= 4 is 43.8 Å². The van der Waals surface area contributed by atoms with E-state index in [1.54, 1.807) is 11.3 Å². The van der Waals surface area contributed by atoms with Crippen LogP contribution in [0.4, 0.5) is 11.4 Å². The number of hydrogen-bond acceptors (Lipinski definition) is 6. The van der Waals surface area contributed by atoms with Crippen LogP contribution in [-0.2, 0) is 6.54 Å². The van der Waals surface area contributed by atoms with Crippen LogP contribution in [0.3, 0.4) is 0 Å². The zero-order valence-corrected chi connectivity index (χ0v) is 20.1. The normalized spacial score (nSPS) is 15.2. The van der Waals surface area contributed by atoms with Crippen LogP contribution in [0, 0.1) is 0 Å². The van der Waals surface area contributed by atoms with Crippen molar-refractivity contribution in [3.8, 4) is 11.1 Å². The van der Waals surface area contributed by atoms with Crippen molar-refractivity contribution in [2.75, 3.05) is 38.5 Å². The highest BCUT2D eigenvalue weighted by atomic mass is 32.1. The molecule has 3 heterocycles. The lowest BCUT2D eigenvalue weighted by Crippen LogP contribution is -2.43. The minimum atomic E-state index is 0.982. The van der Waals surface area contributed by atoms with Crippen LogP contribution in [0.1, 0.15) is 5.56 Å². The molecule has 6 heteroatoms. The maximum Gasteiger partial charge on any atom is 0.0832 e. The van der Waals surface area contributed by atoms with Gasteiger partial charge < -0.3 is 10.2 Å². The van der Waals surface area contributed by atoms with E-state index >= 15 is 0 Å². The molecule has 0 spiro atoms. The summed E-state index contributed by atoms with van der Waals surface area (Å²) < 4.78 is 1.20. The lowest BCUT2D eigenvalue weighted by molar-refractivity contribution is 0.148. The van der Waals surface area contributed by atoms with Crippen LogP contribution in [-0.4, -0.2) is 53.0 Å². The predicted molar refractivity (Wildman–Crippen MR) is 143 cm³/mol. The van der Waals surface area contributed by atoms with Crippen molar-refractivity contribution < 1.29 is 0 Å². The quantitative estimate of drug-likeness (QED) is 0.345. The van der Waals surface area contributed by atoms with Gasteiger partial charge in [0.1, 0.15) is 0 Å². The number of pyridine rings is 1. The summed E-state index contributed by atoms with van der Waals surface area (Å²) in [6.45, 7) is 5.60. The molecule has 1 fully saturated rings. The third-order valence-corrected chi connectivity index (χ3v) is 7.45. The van der Waals surface area contributed by atoms with Crippen molar-refractivity contribution in [3.63, 3.8) is 0 Å². The molecule has 1 aliphatic heterocycles. The van der Waals surface area contributed by atoms with E-state index in [2.05, 4.69) is 92.8 Å². The van der Waals surface area contributed by atoms with E-state index in [-0.39, 0.29) is 0 Å². The van der Waals surface area contributed by atoms with Crippen LogP contribution in [0.25, 0.3) is 32.2 Å². The first-order valence-electron chi connectivity index (χ1n) is 11.7. The van der Waals surface area contributed by atoms with E-state index in [1.807, 2.05) is 17.8 Å². The van der Waals surface area contributed by atoms with Gasteiger partial charge in [0.25, 0.3) is 0 Å². The Bertz CT molecular complexity index is 1430. The third-order valence-electron chi connectivity index (χ3n) is 6.64. The Hall–Kier alpha value is -3.32. The second kappa shape index (κ2) is 9.14. The maximum absolute atomic E-state index is 4.58. The van der Waals surface area contributed by atoms with Crippen LogP contribution in [0.15, 0.2) is 78.4 Å². The van der Waals surface area contributed by atoms with Crippen molar-refractivity contribution in [2.45, 2.75) is 6.54 Å². The standard InChI is InChI=1S/C28H27N5S/c1-32-12-14-33(15-13-32)18-20-2-4-21(5-3-20)22-6-8-25-24(16-22)26(10-11-29-25)31-23-7-9-28-27(17-23)30-19-34-28/h2-11,16-17,19H,12-15,18H2,1H3,(H,29,31). The largest absolute Gasteiger partial charge is 0.355 e. The number of rotatable bonds is 5. The molecule has 2 aromatic heterocycles. The Morgan fingerprint density at radius 2 is 1.65 bits per heavy atom. The van der Waals surface area contributed by atoms with Gasteiger partial charge in [-0.3, -0.25) is 9.88 Å². The highest BCUT2D eigenvalue weighted by Crippen LogP contribution is 2.31. The lowest BCUT2D eigenvalue weighted by Gasteiger charge is -2.32. The van der Waals surface area contributed by atoms with Gasteiger partial charge in [0.05, 0.1) is 21.2 Å². The van der Waals surface area contributed by atoms with Crippen LogP contribution < -0.4 is 5.32 Å². The minimum Gasteiger partial charge on any atom is -0.355 e. The molecular formula is C28H27N5S. The fourth-order valence-corrected chi connectivity index (χ4v) is 5.25. The van der Waals surface area contributed by atoms with E-state index in [1.165, 1.54) is 21.4 Å². The molecule has 0 atom stereocenters. The maximum atomic E-state index is 4.58. The topological polar surface area (TPSA) is 44.3 Å². The molecule has 170 valence electrons. The molecule has 0 radical (unpaired) electrons. The molecule has 34 heavy (non-hydrogen) atoms. The van der Waals surface area contributed by atoms with Gasteiger partial charge in [0.15, 0.2) is 0 Å². The molecule has 5 aromatic rings. The molecular weight excluding hydrogens is 438 g/mol. The molecule has 6 rings (SSSR count). The van der Waals surface area contributed by atoms with Gasteiger partial charge in [0, 0.05) is 55.7 Å². The van der Waals surface area contributed by atoms with Gasteiger partial charge in [0.2, 0.25) is 0 Å². The molecule has 0 saturated carbocycles. The first-order chi connectivity index (χ1) is 16.7. The van der Waals surface area contributed by atoms with Crippen LogP contribution >= 0.6 is 11.3 Å². The molecule has 0 bridgehead atoms. The number of benzene rings is 3. The van der Waals surface area contributed by atoms with E-state index < -0.39 is 0 Å². The lowest BCUT2D eigenvalue weighted by atomic mass is 10.0. The summed E-state index contributed by atoms with van der Waals surface area (Å²) in [6, 6.07) is 23.9. The monoisotopic (exact) mass is 465 g/mol. The number of aromatic nitrogens is 2. The molecule has 1 aliphatic rings. The van der Waals surface area contributed by atoms with Gasteiger partial charge in [-0.2, -0.15) is 0 Å². The second-order valence-corrected chi connectivity index (χ2v) is 9.91. The molecule has 0 aliphatic carbocycles. The second-order valence-electron chi connectivity index (χ2n) is 9.03. The molecule has 1 N–H and O–H groups in total. The van der Waals surface area contributed by atoms with Gasteiger partial charge in [-0.05, 0) is 60.1 Å². The van der Waals surface area contributed by atoms with E-state index in [0.29, 0.717) is 0 Å². The summed E-state index contributed by atoms with van der Waals surface area (Å²) in [5.74, 6) is 0. The number of anilines is 2. The van der Waals surface area contributed by atoms with Gasteiger partial charge in [-0.1, -0.05) is 30.3 Å². The Morgan fingerprint density at radius 1 is 0.824 bits per heavy atom. The van der Waals surface area contributed by atoms with Crippen LogP contribution in [0.5, 0.6) is 0 Å². The molecule has 0 unspecified atom stereocenters.